The summed E-state index contributed by atoms with van der Waals surface area (Å²) in [6, 6.07) is 26.4. The zero-order valence-electron chi connectivity index (χ0n) is 23.6. The number of benzene rings is 3. The van der Waals surface area contributed by atoms with Gasteiger partial charge in [0.05, 0.1) is 0 Å². The van der Waals surface area contributed by atoms with Gasteiger partial charge in [0.2, 0.25) is 11.8 Å². The highest BCUT2D eigenvalue weighted by Gasteiger charge is 2.23. The van der Waals surface area contributed by atoms with Crippen molar-refractivity contribution < 1.29 is 9.59 Å². The maximum atomic E-state index is 13.9. The van der Waals surface area contributed by atoms with E-state index in [1.165, 1.54) is 10.9 Å². The van der Waals surface area contributed by atoms with E-state index >= 15 is 0 Å². The van der Waals surface area contributed by atoms with E-state index in [1.807, 2.05) is 81.5 Å². The fourth-order valence-corrected chi connectivity index (χ4v) is 4.78. The summed E-state index contributed by atoms with van der Waals surface area (Å²) < 4.78 is 0. The quantitative estimate of drug-likeness (QED) is 0.252. The molecule has 0 aliphatic carbocycles. The molecule has 0 aliphatic heterocycles. The molecule has 204 valence electrons. The van der Waals surface area contributed by atoms with Gasteiger partial charge in [-0.1, -0.05) is 74.5 Å². The summed E-state index contributed by atoms with van der Waals surface area (Å²) in [5.74, 6) is 0.188. The van der Waals surface area contributed by atoms with Crippen LogP contribution in [0.4, 0.5) is 5.69 Å². The number of aromatic amines is 1. The van der Waals surface area contributed by atoms with Crippen molar-refractivity contribution in [2.45, 2.75) is 39.8 Å². The summed E-state index contributed by atoms with van der Waals surface area (Å²) in [6.45, 7) is 5.60. The third kappa shape index (κ3) is 7.73. The van der Waals surface area contributed by atoms with Crippen LogP contribution in [0.1, 0.15) is 37.0 Å². The van der Waals surface area contributed by atoms with Gasteiger partial charge >= 0.3 is 0 Å². The number of amides is 2. The standard InChI is InChI=1S/C33H40N4O2/c1-25(2)20-32(38)37(23-26-10-6-5-7-11-26)24-33(39)36(22-27-14-16-29(17-15-27)35(3)4)19-18-28-21-34-31-13-9-8-12-30(28)31/h5-17,21,25,34H,18-20,22-24H2,1-4H3. The van der Waals surface area contributed by atoms with Crippen LogP contribution in [-0.2, 0) is 29.1 Å². The lowest BCUT2D eigenvalue weighted by atomic mass is 10.1. The van der Waals surface area contributed by atoms with Crippen LogP contribution in [0.5, 0.6) is 0 Å². The Morgan fingerprint density at radius 3 is 2.10 bits per heavy atom. The average Bonchev–Trinajstić information content (AvgIpc) is 3.34. The number of H-pyrrole nitrogens is 1. The van der Waals surface area contributed by atoms with E-state index in [2.05, 4.69) is 46.3 Å². The first-order valence-electron chi connectivity index (χ1n) is 13.7. The van der Waals surface area contributed by atoms with Crippen LogP contribution in [0.2, 0.25) is 0 Å². The molecule has 0 atom stereocenters. The molecule has 0 unspecified atom stereocenters. The Morgan fingerprint density at radius 1 is 0.769 bits per heavy atom. The minimum absolute atomic E-state index is 0.00844. The van der Waals surface area contributed by atoms with Crippen LogP contribution in [0.25, 0.3) is 10.9 Å². The molecule has 39 heavy (non-hydrogen) atoms. The van der Waals surface area contributed by atoms with Crippen molar-refractivity contribution in [2.24, 2.45) is 5.92 Å². The number of nitrogens with zero attached hydrogens (tertiary/aromatic N) is 3. The maximum absolute atomic E-state index is 13.9. The van der Waals surface area contributed by atoms with Crippen LogP contribution >= 0.6 is 0 Å². The molecule has 1 heterocycles. The topological polar surface area (TPSA) is 59.7 Å². The van der Waals surface area contributed by atoms with Crippen LogP contribution in [0.15, 0.2) is 85.1 Å². The first-order chi connectivity index (χ1) is 18.8. The highest BCUT2D eigenvalue weighted by molar-refractivity contribution is 5.85. The Kier molecular flexibility index (Phi) is 9.42. The third-order valence-electron chi connectivity index (χ3n) is 6.98. The average molecular weight is 525 g/mol. The molecule has 0 fully saturated rings. The minimum Gasteiger partial charge on any atom is -0.378 e. The van der Waals surface area contributed by atoms with Gasteiger partial charge in [-0.2, -0.15) is 0 Å². The second-order valence-electron chi connectivity index (χ2n) is 10.8. The summed E-state index contributed by atoms with van der Waals surface area (Å²) in [5, 5.41) is 1.18. The first-order valence-corrected chi connectivity index (χ1v) is 13.7. The smallest absolute Gasteiger partial charge is 0.242 e. The molecule has 0 spiro atoms. The van der Waals surface area contributed by atoms with E-state index in [4.69, 9.17) is 0 Å². The van der Waals surface area contributed by atoms with Crippen molar-refractivity contribution in [1.82, 2.24) is 14.8 Å². The van der Waals surface area contributed by atoms with Crippen molar-refractivity contribution in [3.8, 4) is 0 Å². The highest BCUT2D eigenvalue weighted by Crippen LogP contribution is 2.20. The first kappa shape index (κ1) is 28.0. The monoisotopic (exact) mass is 524 g/mol. The summed E-state index contributed by atoms with van der Waals surface area (Å²) in [6.07, 6.45) is 3.18. The van der Waals surface area contributed by atoms with Gasteiger partial charge in [-0.15, -0.1) is 0 Å². The fraction of sp³-hybridized carbons (Fsp3) is 0.333. The third-order valence-corrected chi connectivity index (χ3v) is 6.98. The molecule has 0 bridgehead atoms. The molecule has 1 N–H and O–H groups in total. The predicted octanol–water partition coefficient (Wildman–Crippen LogP) is 5.88. The summed E-state index contributed by atoms with van der Waals surface area (Å²) in [4.78, 5) is 36.1. The highest BCUT2D eigenvalue weighted by atomic mass is 16.2. The lowest BCUT2D eigenvalue weighted by Gasteiger charge is -2.28. The molecule has 0 saturated carbocycles. The molecule has 6 nitrogen and oxygen atoms in total. The number of aromatic nitrogens is 1. The lowest BCUT2D eigenvalue weighted by Crippen LogP contribution is -2.43. The second kappa shape index (κ2) is 13.1. The molecule has 0 radical (unpaired) electrons. The number of fused-ring (bicyclic) bond motifs is 1. The number of carbonyl (C=O) groups excluding carboxylic acids is 2. The molecule has 0 saturated heterocycles. The van der Waals surface area contributed by atoms with E-state index < -0.39 is 0 Å². The lowest BCUT2D eigenvalue weighted by molar-refractivity contribution is -0.141. The number of carbonyl (C=O) groups is 2. The van der Waals surface area contributed by atoms with Gasteiger partial charge in [0.1, 0.15) is 6.54 Å². The van der Waals surface area contributed by atoms with Crippen LogP contribution < -0.4 is 4.90 Å². The number of para-hydroxylation sites is 1. The molecule has 2 amide bonds. The van der Waals surface area contributed by atoms with Gasteiger partial charge in [-0.3, -0.25) is 9.59 Å². The number of nitrogens with one attached hydrogen (secondary N) is 1. The van der Waals surface area contributed by atoms with E-state index in [0.29, 0.717) is 26.1 Å². The van der Waals surface area contributed by atoms with Crippen LogP contribution in [0, 0.1) is 5.92 Å². The van der Waals surface area contributed by atoms with Gasteiger partial charge in [0, 0.05) is 62.9 Å². The van der Waals surface area contributed by atoms with Crippen molar-refractivity contribution in [1.29, 1.82) is 0 Å². The molecular formula is C33H40N4O2. The van der Waals surface area contributed by atoms with Crippen molar-refractivity contribution in [3.63, 3.8) is 0 Å². The van der Waals surface area contributed by atoms with Gasteiger partial charge < -0.3 is 19.7 Å². The maximum Gasteiger partial charge on any atom is 0.242 e. The minimum atomic E-state index is -0.0421. The molecule has 0 aliphatic rings. The Bertz CT molecular complexity index is 1360. The summed E-state index contributed by atoms with van der Waals surface area (Å²) >= 11 is 0. The molecule has 4 rings (SSSR count). The number of rotatable bonds is 12. The fourth-order valence-electron chi connectivity index (χ4n) is 4.78. The largest absolute Gasteiger partial charge is 0.378 e. The molecule has 3 aromatic carbocycles. The van der Waals surface area contributed by atoms with Crippen molar-refractivity contribution in [2.75, 3.05) is 32.1 Å². The van der Waals surface area contributed by atoms with Crippen LogP contribution in [0.3, 0.4) is 0 Å². The van der Waals surface area contributed by atoms with Crippen molar-refractivity contribution in [3.05, 3.63) is 102 Å². The van der Waals surface area contributed by atoms with Gasteiger partial charge in [-0.05, 0) is 47.2 Å². The SMILES string of the molecule is CC(C)CC(=O)N(CC(=O)N(CCc1c[nH]c2ccccc12)Cc1ccc(N(C)C)cc1)Cc1ccccc1. The van der Waals surface area contributed by atoms with E-state index in [1.54, 1.807) is 4.90 Å². The van der Waals surface area contributed by atoms with Crippen molar-refractivity contribution >= 4 is 28.4 Å². The summed E-state index contributed by atoms with van der Waals surface area (Å²) in [7, 11) is 4.03. The molecule has 1 aromatic heterocycles. The Morgan fingerprint density at radius 2 is 1.41 bits per heavy atom. The Balaban J connectivity index is 1.55. The van der Waals surface area contributed by atoms with Gasteiger partial charge in [-0.25, -0.2) is 0 Å². The van der Waals surface area contributed by atoms with Gasteiger partial charge in [0.15, 0.2) is 0 Å². The zero-order valence-corrected chi connectivity index (χ0v) is 23.6. The molecule has 6 heteroatoms. The van der Waals surface area contributed by atoms with Gasteiger partial charge in [0.25, 0.3) is 0 Å². The molecule has 4 aromatic rings. The molecular weight excluding hydrogens is 484 g/mol. The second-order valence-corrected chi connectivity index (χ2v) is 10.8. The van der Waals surface area contributed by atoms with E-state index in [0.717, 1.165) is 28.8 Å². The van der Waals surface area contributed by atoms with E-state index in [-0.39, 0.29) is 24.3 Å². The Hall–Kier alpha value is -4.06. The number of hydrogen-bond donors (Lipinski definition) is 1. The number of hydrogen-bond acceptors (Lipinski definition) is 3. The Labute approximate surface area is 232 Å². The number of anilines is 1. The van der Waals surface area contributed by atoms with E-state index in [9.17, 15) is 9.59 Å². The zero-order chi connectivity index (χ0) is 27.8. The van der Waals surface area contributed by atoms with Crippen LogP contribution in [-0.4, -0.2) is 53.8 Å². The normalized spacial score (nSPS) is 11.1. The predicted molar refractivity (Wildman–Crippen MR) is 160 cm³/mol. The summed E-state index contributed by atoms with van der Waals surface area (Å²) in [5.41, 5.74) is 5.48.